The topological polar surface area (TPSA) is 124 Å². The summed E-state index contributed by atoms with van der Waals surface area (Å²) in [4.78, 5) is 32.3. The third-order valence-corrected chi connectivity index (χ3v) is 1.87. The number of phenolic OH excluding ortho intramolecular Hbond substituents is 1. The van der Waals surface area contributed by atoms with Gasteiger partial charge in [-0.15, -0.1) is 0 Å². The highest BCUT2D eigenvalue weighted by Gasteiger charge is 2.12. The fraction of sp³-hybridized carbons (Fsp3) is 0. The van der Waals surface area contributed by atoms with Gasteiger partial charge >= 0.3 is 11.9 Å². The van der Waals surface area contributed by atoms with Crippen molar-refractivity contribution in [1.82, 2.24) is 0 Å². The van der Waals surface area contributed by atoms with E-state index in [0.717, 1.165) is 12.1 Å². The molecular formula is C11H9NO6. The first-order chi connectivity index (χ1) is 8.40. The Bertz CT molecular complexity index is 534. The molecular weight excluding hydrogens is 242 g/mol. The number of hydrogen-bond acceptors (Lipinski definition) is 4. The predicted molar refractivity (Wildman–Crippen MR) is 60.5 cm³/mol. The van der Waals surface area contributed by atoms with E-state index in [2.05, 4.69) is 5.32 Å². The second-order valence-electron chi connectivity index (χ2n) is 3.20. The van der Waals surface area contributed by atoms with Gasteiger partial charge in [-0.05, 0) is 18.2 Å². The minimum Gasteiger partial charge on any atom is -0.508 e. The Balaban J connectivity index is 2.94. The van der Waals surface area contributed by atoms with Gasteiger partial charge in [0.05, 0.1) is 11.3 Å². The molecule has 0 aliphatic heterocycles. The highest BCUT2D eigenvalue weighted by molar-refractivity contribution is 6.06. The van der Waals surface area contributed by atoms with Crippen LogP contribution in [0, 0.1) is 0 Å². The van der Waals surface area contributed by atoms with Gasteiger partial charge in [-0.25, -0.2) is 9.59 Å². The molecule has 0 aliphatic rings. The zero-order valence-corrected chi connectivity index (χ0v) is 8.95. The van der Waals surface area contributed by atoms with E-state index in [9.17, 15) is 14.4 Å². The molecule has 7 heteroatoms. The van der Waals surface area contributed by atoms with Gasteiger partial charge in [-0.2, -0.15) is 0 Å². The van der Waals surface area contributed by atoms with Crippen LogP contribution in [-0.4, -0.2) is 33.2 Å². The number of aromatic hydroxyl groups is 1. The van der Waals surface area contributed by atoms with Gasteiger partial charge < -0.3 is 20.6 Å². The van der Waals surface area contributed by atoms with Gasteiger partial charge in [0.1, 0.15) is 5.75 Å². The zero-order chi connectivity index (χ0) is 13.7. The Morgan fingerprint density at radius 2 is 1.78 bits per heavy atom. The van der Waals surface area contributed by atoms with Crippen molar-refractivity contribution in [2.45, 2.75) is 0 Å². The number of carbonyl (C=O) groups excluding carboxylic acids is 1. The number of carbonyl (C=O) groups is 3. The quantitative estimate of drug-likeness (QED) is 0.460. The van der Waals surface area contributed by atoms with Crippen LogP contribution in [0.1, 0.15) is 10.4 Å². The first kappa shape index (κ1) is 13.2. The van der Waals surface area contributed by atoms with Crippen LogP contribution in [0.25, 0.3) is 0 Å². The number of nitrogens with one attached hydrogen (secondary N) is 1. The molecule has 0 saturated heterocycles. The molecule has 94 valence electrons. The fourth-order valence-electron chi connectivity index (χ4n) is 1.14. The molecule has 1 aromatic rings. The molecule has 0 fully saturated rings. The first-order valence-electron chi connectivity index (χ1n) is 4.68. The SMILES string of the molecule is O=C(O)/C=C/C(=O)Nc1ccc(O)cc1C(=O)O. The minimum absolute atomic E-state index is 0.0414. The van der Waals surface area contributed by atoms with Crippen molar-refractivity contribution in [2.75, 3.05) is 5.32 Å². The van der Waals surface area contributed by atoms with E-state index in [1.807, 2.05) is 0 Å². The van der Waals surface area contributed by atoms with Gasteiger partial charge in [-0.3, -0.25) is 4.79 Å². The number of hydrogen-bond donors (Lipinski definition) is 4. The monoisotopic (exact) mass is 251 g/mol. The molecule has 1 amide bonds. The predicted octanol–water partition coefficient (Wildman–Crippen LogP) is 0.670. The lowest BCUT2D eigenvalue weighted by molar-refractivity contribution is -0.131. The van der Waals surface area contributed by atoms with Crippen molar-refractivity contribution in [3.05, 3.63) is 35.9 Å². The molecule has 1 aromatic carbocycles. The molecule has 0 radical (unpaired) electrons. The molecule has 1 rings (SSSR count). The summed E-state index contributed by atoms with van der Waals surface area (Å²) in [5.74, 6) is -3.67. The average molecular weight is 251 g/mol. The van der Waals surface area contributed by atoms with Gasteiger partial charge in [0, 0.05) is 12.2 Å². The number of benzene rings is 1. The average Bonchev–Trinajstić information content (AvgIpc) is 2.28. The molecule has 0 aliphatic carbocycles. The van der Waals surface area contributed by atoms with E-state index in [0.29, 0.717) is 6.08 Å². The zero-order valence-electron chi connectivity index (χ0n) is 8.95. The summed E-state index contributed by atoms with van der Waals surface area (Å²) >= 11 is 0. The second kappa shape index (κ2) is 5.48. The van der Waals surface area contributed by atoms with Crippen LogP contribution in [0.5, 0.6) is 5.75 Å². The number of anilines is 1. The van der Waals surface area contributed by atoms with Crippen molar-refractivity contribution in [1.29, 1.82) is 0 Å². The van der Waals surface area contributed by atoms with Crippen LogP contribution in [0.2, 0.25) is 0 Å². The number of phenols is 1. The summed E-state index contributed by atoms with van der Waals surface area (Å²) in [6, 6.07) is 3.37. The van der Waals surface area contributed by atoms with Crippen molar-refractivity contribution in [3.8, 4) is 5.75 Å². The molecule has 0 heterocycles. The number of carboxylic acids is 2. The molecule has 0 bridgehead atoms. The number of aliphatic carboxylic acids is 1. The Labute approximate surface area is 101 Å². The van der Waals surface area contributed by atoms with Crippen LogP contribution >= 0.6 is 0 Å². The molecule has 0 saturated carbocycles. The van der Waals surface area contributed by atoms with Gasteiger partial charge in [0.2, 0.25) is 5.91 Å². The first-order valence-corrected chi connectivity index (χ1v) is 4.68. The van der Waals surface area contributed by atoms with E-state index in [1.165, 1.54) is 12.1 Å². The summed E-state index contributed by atoms with van der Waals surface area (Å²) in [5, 5.41) is 28.5. The summed E-state index contributed by atoms with van der Waals surface area (Å²) < 4.78 is 0. The third-order valence-electron chi connectivity index (χ3n) is 1.87. The van der Waals surface area contributed by atoms with E-state index in [4.69, 9.17) is 15.3 Å². The van der Waals surface area contributed by atoms with Crippen LogP contribution in [0.3, 0.4) is 0 Å². The molecule has 0 atom stereocenters. The van der Waals surface area contributed by atoms with Crippen LogP contribution in [0.15, 0.2) is 30.4 Å². The van der Waals surface area contributed by atoms with Crippen molar-refractivity contribution in [3.63, 3.8) is 0 Å². The Morgan fingerprint density at radius 3 is 2.33 bits per heavy atom. The molecule has 18 heavy (non-hydrogen) atoms. The maximum absolute atomic E-state index is 11.3. The van der Waals surface area contributed by atoms with Crippen LogP contribution in [-0.2, 0) is 9.59 Å². The summed E-state index contributed by atoms with van der Waals surface area (Å²) in [6.07, 6.45) is 1.37. The molecule has 7 nitrogen and oxygen atoms in total. The summed E-state index contributed by atoms with van der Waals surface area (Å²) in [6.45, 7) is 0. The lowest BCUT2D eigenvalue weighted by Gasteiger charge is -2.06. The maximum Gasteiger partial charge on any atom is 0.337 e. The molecule has 0 spiro atoms. The van der Waals surface area contributed by atoms with E-state index >= 15 is 0 Å². The minimum atomic E-state index is -1.33. The largest absolute Gasteiger partial charge is 0.508 e. The summed E-state index contributed by atoms with van der Waals surface area (Å²) in [7, 11) is 0. The van der Waals surface area contributed by atoms with E-state index in [1.54, 1.807) is 0 Å². The second-order valence-corrected chi connectivity index (χ2v) is 3.20. The standard InChI is InChI=1S/C11H9NO6/c13-6-1-2-8(7(5-6)11(17)18)12-9(14)3-4-10(15)16/h1-5,13H,(H,12,14)(H,15,16)(H,17,18)/b4-3+. The van der Waals surface area contributed by atoms with Crippen molar-refractivity contribution < 1.29 is 29.7 Å². The summed E-state index contributed by atoms with van der Waals surface area (Å²) in [5.41, 5.74) is -0.340. The number of aromatic carboxylic acids is 1. The smallest absolute Gasteiger partial charge is 0.337 e. The number of carboxylic acid groups (broad SMARTS) is 2. The Kier molecular flexibility index (Phi) is 4.03. The lowest BCUT2D eigenvalue weighted by atomic mass is 10.1. The van der Waals surface area contributed by atoms with Gasteiger partial charge in [0.15, 0.2) is 0 Å². The number of amides is 1. The Morgan fingerprint density at radius 1 is 1.11 bits per heavy atom. The normalized spacial score (nSPS) is 10.2. The van der Waals surface area contributed by atoms with E-state index in [-0.39, 0.29) is 17.0 Å². The van der Waals surface area contributed by atoms with Crippen LogP contribution < -0.4 is 5.32 Å². The highest BCUT2D eigenvalue weighted by atomic mass is 16.4. The molecule has 0 aromatic heterocycles. The highest BCUT2D eigenvalue weighted by Crippen LogP contribution is 2.21. The molecule has 0 unspecified atom stereocenters. The fourth-order valence-corrected chi connectivity index (χ4v) is 1.14. The molecule has 4 N–H and O–H groups in total. The van der Waals surface area contributed by atoms with Gasteiger partial charge in [0.25, 0.3) is 0 Å². The van der Waals surface area contributed by atoms with Crippen LogP contribution in [0.4, 0.5) is 5.69 Å². The van der Waals surface area contributed by atoms with Gasteiger partial charge in [-0.1, -0.05) is 0 Å². The van der Waals surface area contributed by atoms with Crippen molar-refractivity contribution >= 4 is 23.5 Å². The van der Waals surface area contributed by atoms with Crippen molar-refractivity contribution in [2.24, 2.45) is 0 Å². The third kappa shape index (κ3) is 3.63. The maximum atomic E-state index is 11.3. The van der Waals surface area contributed by atoms with E-state index < -0.39 is 17.8 Å². The Hall–Kier alpha value is -2.83. The lowest BCUT2D eigenvalue weighted by Crippen LogP contribution is -2.12. The number of rotatable bonds is 4.